The number of hydrogen-bond acceptors (Lipinski definition) is 12. The van der Waals surface area contributed by atoms with E-state index in [-0.39, 0.29) is 18.2 Å². The Morgan fingerprint density at radius 2 is 1.82 bits per heavy atom. The summed E-state index contributed by atoms with van der Waals surface area (Å²) in [6.45, 7) is 6.51. The highest BCUT2D eigenvalue weighted by atomic mass is 32.1. The fraction of sp³-hybridized carbons (Fsp3) is 0.579. The molecule has 13 nitrogen and oxygen atoms in total. The second-order valence-electron chi connectivity index (χ2n) is 7.12. The molecule has 0 radical (unpaired) electrons. The van der Waals surface area contributed by atoms with Crippen molar-refractivity contribution >= 4 is 45.7 Å². The third-order valence-corrected chi connectivity index (χ3v) is 5.79. The number of amides is 1. The second kappa shape index (κ2) is 10.1. The molecular formula is C19H25N5O8S. The maximum absolute atomic E-state index is 12.8. The molecule has 180 valence electrons. The second-order valence-corrected chi connectivity index (χ2v) is 8.11. The maximum atomic E-state index is 12.8. The van der Waals surface area contributed by atoms with E-state index in [1.54, 1.807) is 13.8 Å². The number of fused-ring (bicyclic) bond motifs is 1. The Labute approximate surface area is 192 Å². The zero-order valence-corrected chi connectivity index (χ0v) is 19.4. The minimum atomic E-state index is -1.22. The Balaban J connectivity index is 1.99. The molecule has 1 amide bonds. The van der Waals surface area contributed by atoms with E-state index in [1.165, 1.54) is 24.9 Å². The van der Waals surface area contributed by atoms with Gasteiger partial charge in [0.05, 0.1) is 10.9 Å². The normalized spacial score (nSPS) is 22.2. The van der Waals surface area contributed by atoms with Gasteiger partial charge in [-0.1, -0.05) is 11.3 Å². The van der Waals surface area contributed by atoms with Gasteiger partial charge in [-0.25, -0.2) is 9.78 Å². The van der Waals surface area contributed by atoms with Gasteiger partial charge in [0.1, 0.15) is 12.7 Å². The number of thiazole rings is 1. The van der Waals surface area contributed by atoms with Gasteiger partial charge in [0.2, 0.25) is 5.95 Å². The number of rotatable bonds is 7. The Kier molecular flexibility index (Phi) is 7.48. The van der Waals surface area contributed by atoms with Crippen LogP contribution in [0.3, 0.4) is 0 Å². The van der Waals surface area contributed by atoms with Crippen molar-refractivity contribution in [2.45, 2.75) is 52.2 Å². The van der Waals surface area contributed by atoms with Gasteiger partial charge in [-0.05, 0) is 13.8 Å². The third kappa shape index (κ3) is 5.22. The first-order chi connectivity index (χ1) is 15.7. The van der Waals surface area contributed by atoms with Gasteiger partial charge in [-0.3, -0.25) is 19.0 Å². The van der Waals surface area contributed by atoms with Crippen LogP contribution in [0.1, 0.15) is 33.9 Å². The Morgan fingerprint density at radius 1 is 1.18 bits per heavy atom. The molecule has 4 atom stereocenters. The zero-order valence-electron chi connectivity index (χ0n) is 18.5. The molecule has 2 aromatic rings. The largest absolute Gasteiger partial charge is 0.455 e. The molecule has 2 N–H and O–H groups in total. The topological polar surface area (TPSA) is 165 Å². The summed E-state index contributed by atoms with van der Waals surface area (Å²) in [6.07, 6.45) is -3.80. The molecule has 33 heavy (non-hydrogen) atoms. The molecule has 0 spiro atoms. The van der Waals surface area contributed by atoms with Crippen molar-refractivity contribution in [2.24, 2.45) is 0 Å². The fourth-order valence-corrected chi connectivity index (χ4v) is 4.32. The number of hydrogen-bond donors (Lipinski definition) is 1. The van der Waals surface area contributed by atoms with Crippen LogP contribution in [0.25, 0.3) is 10.3 Å². The molecule has 1 aliphatic rings. The van der Waals surface area contributed by atoms with E-state index in [1.807, 2.05) is 0 Å². The van der Waals surface area contributed by atoms with Crippen molar-refractivity contribution in [1.82, 2.24) is 19.4 Å². The van der Waals surface area contributed by atoms with Gasteiger partial charge >= 0.3 is 22.9 Å². The van der Waals surface area contributed by atoms with Crippen molar-refractivity contribution in [3.05, 3.63) is 15.9 Å². The highest BCUT2D eigenvalue weighted by Gasteiger charge is 2.51. The van der Waals surface area contributed by atoms with Gasteiger partial charge < -0.3 is 29.6 Å². The van der Waals surface area contributed by atoms with Crippen LogP contribution < -0.4 is 10.6 Å². The smallest absolute Gasteiger partial charge is 0.409 e. The van der Waals surface area contributed by atoms with E-state index in [4.69, 9.17) is 24.7 Å². The maximum Gasteiger partial charge on any atom is 0.409 e. The monoisotopic (exact) mass is 483 g/mol. The lowest BCUT2D eigenvalue weighted by molar-refractivity contribution is -0.165. The highest BCUT2D eigenvalue weighted by Crippen LogP contribution is 2.36. The summed E-state index contributed by atoms with van der Waals surface area (Å²) in [6, 6.07) is 0. The van der Waals surface area contributed by atoms with Crippen molar-refractivity contribution < 1.29 is 33.3 Å². The Hall–Kier alpha value is -3.26. The molecule has 1 unspecified atom stereocenters. The van der Waals surface area contributed by atoms with E-state index in [0.29, 0.717) is 17.8 Å². The average Bonchev–Trinajstić information content (AvgIpc) is 3.22. The van der Waals surface area contributed by atoms with Crippen LogP contribution in [0, 0.1) is 0 Å². The Morgan fingerprint density at radius 3 is 2.42 bits per heavy atom. The summed E-state index contributed by atoms with van der Waals surface area (Å²) >= 11 is 0.846. The van der Waals surface area contributed by atoms with E-state index >= 15 is 0 Å². The minimum absolute atomic E-state index is 0.0719. The van der Waals surface area contributed by atoms with Gasteiger partial charge in [-0.2, -0.15) is 4.98 Å². The van der Waals surface area contributed by atoms with E-state index in [0.717, 1.165) is 15.9 Å². The van der Waals surface area contributed by atoms with Gasteiger partial charge in [0, 0.05) is 26.9 Å². The van der Waals surface area contributed by atoms with Crippen molar-refractivity contribution in [1.29, 1.82) is 0 Å². The summed E-state index contributed by atoms with van der Waals surface area (Å²) in [5.41, 5.74) is 5.85. The van der Waals surface area contributed by atoms with Crippen LogP contribution in [-0.2, 0) is 28.5 Å². The quantitative estimate of drug-likeness (QED) is 0.434. The number of ether oxygens (including phenoxy) is 4. The Bertz CT molecular complexity index is 1100. The molecular weight excluding hydrogens is 458 g/mol. The number of aromatic nitrogens is 3. The molecule has 2 aromatic heterocycles. The average molecular weight is 484 g/mol. The molecule has 0 saturated carbocycles. The molecule has 1 fully saturated rings. The predicted molar refractivity (Wildman–Crippen MR) is 115 cm³/mol. The number of carbonyl (C=O) groups excluding carboxylic acids is 3. The van der Waals surface area contributed by atoms with Gasteiger partial charge in [-0.15, -0.1) is 0 Å². The van der Waals surface area contributed by atoms with Crippen molar-refractivity contribution in [2.75, 3.05) is 25.4 Å². The molecule has 1 aliphatic heterocycles. The standard InChI is InChI=1S/C19H25N5O8S/c1-5-23(6-2)18(27)29-8-11-13(30-9(3)25)14(31-10(4)26)16(32-11)24-15-12(33-19(24)28)7-21-17(20)22-15/h7,11,13-14,16H,5-6,8H2,1-4H3,(H2,20,21,22)/t11-,13+,14-,16?/m1/s1. The molecule has 0 bridgehead atoms. The summed E-state index contributed by atoms with van der Waals surface area (Å²) in [5.74, 6) is -1.43. The molecule has 3 heterocycles. The predicted octanol–water partition coefficient (Wildman–Crippen LogP) is 0.674. The first-order valence-corrected chi connectivity index (χ1v) is 11.0. The fourth-order valence-electron chi connectivity index (χ4n) is 3.50. The van der Waals surface area contributed by atoms with Crippen molar-refractivity contribution in [3.8, 4) is 0 Å². The highest BCUT2D eigenvalue weighted by molar-refractivity contribution is 7.16. The zero-order chi connectivity index (χ0) is 24.3. The first kappa shape index (κ1) is 24.4. The molecule has 0 aromatic carbocycles. The van der Waals surface area contributed by atoms with Crippen LogP contribution in [0.4, 0.5) is 10.7 Å². The first-order valence-electron chi connectivity index (χ1n) is 10.2. The molecule has 1 saturated heterocycles. The van der Waals surface area contributed by atoms with Crippen LogP contribution in [-0.4, -0.2) is 75.5 Å². The summed E-state index contributed by atoms with van der Waals surface area (Å²) in [5, 5.41) is 0. The summed E-state index contributed by atoms with van der Waals surface area (Å²) in [7, 11) is 0. The lowest BCUT2D eigenvalue weighted by Crippen LogP contribution is -2.42. The van der Waals surface area contributed by atoms with Crippen LogP contribution in [0.15, 0.2) is 11.0 Å². The van der Waals surface area contributed by atoms with Crippen LogP contribution in [0.2, 0.25) is 0 Å². The summed E-state index contributed by atoms with van der Waals surface area (Å²) < 4.78 is 23.7. The molecule has 0 aliphatic carbocycles. The number of nitrogen functional groups attached to an aromatic ring is 1. The molecule has 14 heteroatoms. The number of carbonyl (C=O) groups is 3. The van der Waals surface area contributed by atoms with Gasteiger partial charge in [0.15, 0.2) is 24.1 Å². The van der Waals surface area contributed by atoms with E-state index in [9.17, 15) is 19.2 Å². The molecule has 3 rings (SSSR count). The van der Waals surface area contributed by atoms with Crippen LogP contribution in [0.5, 0.6) is 0 Å². The number of esters is 2. The lowest BCUT2D eigenvalue weighted by Gasteiger charge is -2.24. The number of anilines is 1. The van der Waals surface area contributed by atoms with E-state index in [2.05, 4.69) is 9.97 Å². The lowest BCUT2D eigenvalue weighted by atomic mass is 10.1. The van der Waals surface area contributed by atoms with Crippen LogP contribution >= 0.6 is 11.3 Å². The minimum Gasteiger partial charge on any atom is -0.455 e. The van der Waals surface area contributed by atoms with Crippen molar-refractivity contribution in [3.63, 3.8) is 0 Å². The summed E-state index contributed by atoms with van der Waals surface area (Å²) in [4.78, 5) is 57.7. The third-order valence-electron chi connectivity index (χ3n) is 4.91. The van der Waals surface area contributed by atoms with Gasteiger partial charge in [0.25, 0.3) is 0 Å². The number of nitrogens with two attached hydrogens (primary N) is 1. The number of nitrogens with zero attached hydrogens (tertiary/aromatic N) is 4. The SMILES string of the molecule is CCN(CC)C(=O)OC[C@H]1OC(n2c(=O)sc3cnc(N)nc32)[C@H](OC(C)=O)[C@H]1OC(C)=O. The van der Waals surface area contributed by atoms with E-state index < -0.39 is 47.4 Å².